The zero-order chi connectivity index (χ0) is 14.4. The molecule has 0 aromatic carbocycles. The van der Waals surface area contributed by atoms with Gasteiger partial charge in [0.25, 0.3) is 0 Å². The summed E-state index contributed by atoms with van der Waals surface area (Å²) in [6.45, 7) is 5.90. The van der Waals surface area contributed by atoms with E-state index in [9.17, 15) is 9.59 Å². The average molecular weight is 285 g/mol. The number of carboxylic acid groups (broad SMARTS) is 1. The van der Waals surface area contributed by atoms with Crippen molar-refractivity contribution in [1.29, 1.82) is 0 Å². The molecule has 0 unspecified atom stereocenters. The number of urea groups is 1. The fraction of sp³-hybridized carbons (Fsp3) is 0.583. The van der Waals surface area contributed by atoms with Crippen molar-refractivity contribution in [3.05, 3.63) is 11.1 Å². The van der Waals surface area contributed by atoms with Gasteiger partial charge in [0, 0.05) is 5.38 Å². The summed E-state index contributed by atoms with van der Waals surface area (Å²) in [4.78, 5) is 26.8. The molecule has 0 aliphatic rings. The van der Waals surface area contributed by atoms with Gasteiger partial charge in [0.15, 0.2) is 5.13 Å². The Morgan fingerprint density at radius 3 is 2.63 bits per heavy atom. The number of nitrogens with zero attached hydrogens (tertiary/aromatic N) is 1. The molecule has 1 aromatic rings. The van der Waals surface area contributed by atoms with Gasteiger partial charge in [-0.25, -0.2) is 14.6 Å². The number of carbonyl (C=O) groups excluding carboxylic acids is 1. The number of hydrogen-bond acceptors (Lipinski definition) is 4. The minimum Gasteiger partial charge on any atom is -0.480 e. The quantitative estimate of drug-likeness (QED) is 0.749. The van der Waals surface area contributed by atoms with Gasteiger partial charge in [-0.1, -0.05) is 27.2 Å². The van der Waals surface area contributed by atoms with Crippen LogP contribution in [-0.2, 0) is 4.79 Å². The third-order valence-electron chi connectivity index (χ3n) is 2.51. The van der Waals surface area contributed by atoms with Crippen molar-refractivity contribution in [2.24, 2.45) is 0 Å². The second-order valence-corrected chi connectivity index (χ2v) is 5.37. The summed E-state index contributed by atoms with van der Waals surface area (Å²) in [5, 5.41) is 16.3. The molecule has 0 spiro atoms. The number of aliphatic carboxylic acids is 1. The maximum Gasteiger partial charge on any atom is 0.326 e. The van der Waals surface area contributed by atoms with Crippen molar-refractivity contribution in [3.8, 4) is 0 Å². The van der Waals surface area contributed by atoms with E-state index in [-0.39, 0.29) is 0 Å². The molecule has 0 radical (unpaired) electrons. The molecule has 6 nitrogen and oxygen atoms in total. The van der Waals surface area contributed by atoms with E-state index in [1.807, 2.05) is 26.2 Å². The molecule has 0 saturated carbocycles. The Hall–Kier alpha value is -1.63. The van der Waals surface area contributed by atoms with E-state index in [4.69, 9.17) is 5.11 Å². The topological polar surface area (TPSA) is 91.3 Å². The van der Waals surface area contributed by atoms with Gasteiger partial charge < -0.3 is 10.4 Å². The second-order valence-electron chi connectivity index (χ2n) is 4.51. The number of carboxylic acids is 1. The fourth-order valence-electron chi connectivity index (χ4n) is 1.45. The number of amides is 2. The van der Waals surface area contributed by atoms with Crippen LogP contribution in [0.2, 0.25) is 0 Å². The van der Waals surface area contributed by atoms with Crippen LogP contribution in [0.5, 0.6) is 0 Å². The van der Waals surface area contributed by atoms with Crippen molar-refractivity contribution in [2.75, 3.05) is 5.32 Å². The highest BCUT2D eigenvalue weighted by atomic mass is 32.1. The van der Waals surface area contributed by atoms with Crippen molar-refractivity contribution >= 4 is 28.5 Å². The Balaban J connectivity index is 2.56. The first-order chi connectivity index (χ1) is 8.93. The maximum absolute atomic E-state index is 11.7. The minimum absolute atomic E-state index is 0.293. The summed E-state index contributed by atoms with van der Waals surface area (Å²) in [6, 6.07) is -1.40. The average Bonchev–Trinajstić information content (AvgIpc) is 2.76. The van der Waals surface area contributed by atoms with Crippen molar-refractivity contribution in [1.82, 2.24) is 10.3 Å². The SMILES string of the molecule is CCC[C@H](NC(=O)Nc1nc(C(C)C)cs1)C(=O)O. The third-order valence-corrected chi connectivity index (χ3v) is 3.29. The highest BCUT2D eigenvalue weighted by Crippen LogP contribution is 2.21. The lowest BCUT2D eigenvalue weighted by atomic mass is 10.2. The zero-order valence-electron chi connectivity index (χ0n) is 11.3. The first-order valence-electron chi connectivity index (χ1n) is 6.19. The minimum atomic E-state index is -1.03. The number of rotatable bonds is 6. The number of aromatic nitrogens is 1. The third kappa shape index (κ3) is 4.86. The van der Waals surface area contributed by atoms with Gasteiger partial charge in [0.1, 0.15) is 6.04 Å². The van der Waals surface area contributed by atoms with Crippen LogP contribution in [0.4, 0.5) is 9.93 Å². The Kier molecular flexibility index (Phi) is 5.75. The summed E-state index contributed by atoms with van der Waals surface area (Å²) in [5.74, 6) is -0.735. The Bertz CT molecular complexity index is 445. The Labute approximate surface area is 116 Å². The number of anilines is 1. The Morgan fingerprint density at radius 1 is 1.47 bits per heavy atom. The number of hydrogen-bond donors (Lipinski definition) is 3. The molecule has 1 atom stereocenters. The summed E-state index contributed by atoms with van der Waals surface area (Å²) < 4.78 is 0. The second kappa shape index (κ2) is 7.08. The van der Waals surface area contributed by atoms with Crippen molar-refractivity contribution in [2.45, 2.75) is 45.6 Å². The molecule has 2 amide bonds. The van der Waals surface area contributed by atoms with Crippen LogP contribution in [0.15, 0.2) is 5.38 Å². The molecule has 3 N–H and O–H groups in total. The molecule has 0 bridgehead atoms. The lowest BCUT2D eigenvalue weighted by Gasteiger charge is -2.13. The zero-order valence-corrected chi connectivity index (χ0v) is 12.1. The first kappa shape index (κ1) is 15.4. The largest absolute Gasteiger partial charge is 0.480 e. The van der Waals surface area contributed by atoms with Crippen molar-refractivity contribution < 1.29 is 14.7 Å². The predicted molar refractivity (Wildman–Crippen MR) is 74.7 cm³/mol. The highest BCUT2D eigenvalue weighted by molar-refractivity contribution is 7.13. The van der Waals surface area contributed by atoms with Crippen LogP contribution in [0.1, 0.15) is 45.2 Å². The number of carbonyl (C=O) groups is 2. The normalized spacial score (nSPS) is 12.2. The molecule has 0 saturated heterocycles. The van der Waals surface area contributed by atoms with Gasteiger partial charge in [0.05, 0.1) is 5.69 Å². The lowest BCUT2D eigenvalue weighted by Crippen LogP contribution is -2.42. The van der Waals surface area contributed by atoms with Gasteiger partial charge in [-0.3, -0.25) is 5.32 Å². The van der Waals surface area contributed by atoms with Crippen LogP contribution >= 0.6 is 11.3 Å². The summed E-state index contributed by atoms with van der Waals surface area (Å²) in [7, 11) is 0. The molecule has 1 heterocycles. The first-order valence-corrected chi connectivity index (χ1v) is 7.07. The fourth-order valence-corrected chi connectivity index (χ4v) is 2.31. The predicted octanol–water partition coefficient (Wildman–Crippen LogP) is 2.64. The molecule has 0 fully saturated rings. The van der Waals surface area contributed by atoms with Gasteiger partial charge >= 0.3 is 12.0 Å². The molecule has 7 heteroatoms. The maximum atomic E-state index is 11.7. The van der Waals surface area contributed by atoms with E-state index in [1.165, 1.54) is 11.3 Å². The van der Waals surface area contributed by atoms with Crippen LogP contribution in [0, 0.1) is 0 Å². The van der Waals surface area contributed by atoms with E-state index in [1.54, 1.807) is 0 Å². The van der Waals surface area contributed by atoms with Crippen LogP contribution in [0.25, 0.3) is 0 Å². The van der Waals surface area contributed by atoms with E-state index < -0.39 is 18.0 Å². The van der Waals surface area contributed by atoms with Crippen LogP contribution in [0.3, 0.4) is 0 Å². The lowest BCUT2D eigenvalue weighted by molar-refractivity contribution is -0.139. The molecule has 106 valence electrons. The summed E-state index contributed by atoms with van der Waals surface area (Å²) in [6.07, 6.45) is 1.09. The van der Waals surface area contributed by atoms with E-state index >= 15 is 0 Å². The van der Waals surface area contributed by atoms with Crippen LogP contribution < -0.4 is 10.6 Å². The highest BCUT2D eigenvalue weighted by Gasteiger charge is 2.19. The van der Waals surface area contributed by atoms with E-state index in [2.05, 4.69) is 15.6 Å². The number of nitrogens with one attached hydrogen (secondary N) is 2. The standard InChI is InChI=1S/C12H19N3O3S/c1-4-5-8(10(16)17)13-11(18)15-12-14-9(6-19-12)7(2)3/h6-8H,4-5H2,1-3H3,(H,16,17)(H2,13,14,15,18)/t8-/m0/s1. The van der Waals surface area contributed by atoms with Gasteiger partial charge in [-0.15, -0.1) is 11.3 Å². The molecule has 0 aliphatic carbocycles. The smallest absolute Gasteiger partial charge is 0.326 e. The molecule has 1 rings (SSSR count). The van der Waals surface area contributed by atoms with E-state index in [0.29, 0.717) is 23.9 Å². The number of thiazole rings is 1. The monoisotopic (exact) mass is 285 g/mol. The van der Waals surface area contributed by atoms with Gasteiger partial charge in [-0.05, 0) is 12.3 Å². The van der Waals surface area contributed by atoms with Crippen LogP contribution in [-0.4, -0.2) is 28.1 Å². The summed E-state index contributed by atoms with van der Waals surface area (Å²) >= 11 is 1.32. The Morgan fingerprint density at radius 2 is 2.16 bits per heavy atom. The molecule has 19 heavy (non-hydrogen) atoms. The van der Waals surface area contributed by atoms with Gasteiger partial charge in [-0.2, -0.15) is 0 Å². The van der Waals surface area contributed by atoms with Crippen molar-refractivity contribution in [3.63, 3.8) is 0 Å². The molecular weight excluding hydrogens is 266 g/mol. The van der Waals surface area contributed by atoms with E-state index in [0.717, 1.165) is 5.69 Å². The van der Waals surface area contributed by atoms with Gasteiger partial charge in [0.2, 0.25) is 0 Å². The summed E-state index contributed by atoms with van der Waals surface area (Å²) in [5.41, 5.74) is 0.906. The molecule has 0 aliphatic heterocycles. The molecular formula is C12H19N3O3S. The molecule has 1 aromatic heterocycles.